The number of hydrazine groups is 1. The molecule has 0 aliphatic heterocycles. The molecule has 3 nitrogen and oxygen atoms in total. The first-order valence-electron chi connectivity index (χ1n) is 7.85. The summed E-state index contributed by atoms with van der Waals surface area (Å²) in [6.45, 7) is 2.29. The Labute approximate surface area is 122 Å². The molecule has 4 atom stereocenters. The predicted octanol–water partition coefficient (Wildman–Crippen LogP) is 3.42. The van der Waals surface area contributed by atoms with Gasteiger partial charge in [0.25, 0.3) is 0 Å². The molecular weight excluding hydrogens is 248 g/mol. The molecule has 0 aromatic heterocycles. The molecule has 0 amide bonds. The summed E-state index contributed by atoms with van der Waals surface area (Å²) in [6.07, 6.45) is 6.50. The van der Waals surface area contributed by atoms with E-state index in [9.17, 15) is 0 Å². The number of methoxy groups -OCH3 is 1. The molecule has 2 rings (SSSR count). The minimum atomic E-state index is 0.0262. The normalized spacial score (nSPS) is 26.1. The molecule has 0 bridgehead atoms. The number of nitrogens with one attached hydrogen (secondary N) is 1. The summed E-state index contributed by atoms with van der Waals surface area (Å²) >= 11 is 0. The van der Waals surface area contributed by atoms with Gasteiger partial charge < -0.3 is 4.74 Å². The SMILES string of the molecule is CCC1CCCCC1C(NN)C(OC)c1ccccc1. The minimum absolute atomic E-state index is 0.0262. The van der Waals surface area contributed by atoms with Crippen LogP contribution < -0.4 is 11.3 Å². The Morgan fingerprint density at radius 2 is 1.95 bits per heavy atom. The molecule has 1 saturated carbocycles. The molecule has 1 fully saturated rings. The van der Waals surface area contributed by atoms with Crippen molar-refractivity contribution < 1.29 is 4.74 Å². The standard InChI is InChI=1S/C17H28N2O/c1-3-13-9-7-8-12-15(13)16(19-18)17(20-2)14-10-5-4-6-11-14/h4-6,10-11,13,15-17,19H,3,7-9,12,18H2,1-2H3. The quantitative estimate of drug-likeness (QED) is 0.618. The van der Waals surface area contributed by atoms with Crippen LogP contribution in [0.4, 0.5) is 0 Å². The van der Waals surface area contributed by atoms with Crippen LogP contribution in [0.15, 0.2) is 30.3 Å². The van der Waals surface area contributed by atoms with Crippen molar-refractivity contribution >= 4 is 0 Å². The lowest BCUT2D eigenvalue weighted by Crippen LogP contribution is -2.48. The van der Waals surface area contributed by atoms with Crippen molar-refractivity contribution in [2.45, 2.75) is 51.2 Å². The molecule has 0 saturated heterocycles. The second-order valence-corrected chi connectivity index (χ2v) is 5.88. The van der Waals surface area contributed by atoms with Crippen molar-refractivity contribution in [1.29, 1.82) is 0 Å². The average Bonchev–Trinajstić information content (AvgIpc) is 2.53. The molecule has 20 heavy (non-hydrogen) atoms. The number of hydrogen-bond donors (Lipinski definition) is 2. The van der Waals surface area contributed by atoms with E-state index in [0.717, 1.165) is 5.92 Å². The van der Waals surface area contributed by atoms with Crippen molar-refractivity contribution in [2.24, 2.45) is 17.7 Å². The Hall–Kier alpha value is -0.900. The Balaban J connectivity index is 2.20. The molecule has 1 aromatic carbocycles. The van der Waals surface area contributed by atoms with E-state index >= 15 is 0 Å². The van der Waals surface area contributed by atoms with E-state index in [-0.39, 0.29) is 12.1 Å². The van der Waals surface area contributed by atoms with Crippen LogP contribution in [0.3, 0.4) is 0 Å². The summed E-state index contributed by atoms with van der Waals surface area (Å²) in [5.74, 6) is 7.26. The Morgan fingerprint density at radius 1 is 1.25 bits per heavy atom. The maximum Gasteiger partial charge on any atom is 0.0990 e. The Bertz CT molecular complexity index is 382. The van der Waals surface area contributed by atoms with Gasteiger partial charge in [0.05, 0.1) is 12.1 Å². The zero-order valence-corrected chi connectivity index (χ0v) is 12.7. The summed E-state index contributed by atoms with van der Waals surface area (Å²) in [6, 6.07) is 10.6. The topological polar surface area (TPSA) is 47.3 Å². The average molecular weight is 276 g/mol. The summed E-state index contributed by atoms with van der Waals surface area (Å²) in [5, 5.41) is 0. The third-order valence-corrected chi connectivity index (χ3v) is 4.85. The highest BCUT2D eigenvalue weighted by atomic mass is 16.5. The number of benzene rings is 1. The van der Waals surface area contributed by atoms with Gasteiger partial charge in [-0.1, -0.05) is 62.9 Å². The van der Waals surface area contributed by atoms with E-state index < -0.39 is 0 Å². The van der Waals surface area contributed by atoms with E-state index in [4.69, 9.17) is 10.6 Å². The molecule has 1 aromatic rings. The fourth-order valence-electron chi connectivity index (χ4n) is 3.78. The second kappa shape index (κ2) is 7.77. The Kier molecular flexibility index (Phi) is 6.02. The number of ether oxygens (including phenoxy) is 1. The summed E-state index contributed by atoms with van der Waals surface area (Å²) in [4.78, 5) is 0. The van der Waals surface area contributed by atoms with Gasteiger partial charge in [0, 0.05) is 7.11 Å². The van der Waals surface area contributed by atoms with Crippen LogP contribution >= 0.6 is 0 Å². The van der Waals surface area contributed by atoms with E-state index in [1.54, 1.807) is 7.11 Å². The van der Waals surface area contributed by atoms with Crippen LogP contribution in [0.5, 0.6) is 0 Å². The molecule has 0 heterocycles. The van der Waals surface area contributed by atoms with E-state index in [0.29, 0.717) is 5.92 Å². The van der Waals surface area contributed by atoms with Crippen molar-refractivity contribution in [3.63, 3.8) is 0 Å². The molecular formula is C17H28N2O. The fourth-order valence-corrected chi connectivity index (χ4v) is 3.78. The van der Waals surface area contributed by atoms with Crippen molar-refractivity contribution in [3.8, 4) is 0 Å². The van der Waals surface area contributed by atoms with Crippen molar-refractivity contribution in [3.05, 3.63) is 35.9 Å². The smallest absolute Gasteiger partial charge is 0.0990 e. The lowest BCUT2D eigenvalue weighted by atomic mass is 9.72. The van der Waals surface area contributed by atoms with Gasteiger partial charge in [-0.05, 0) is 23.8 Å². The largest absolute Gasteiger partial charge is 0.375 e. The summed E-state index contributed by atoms with van der Waals surface area (Å²) in [5.41, 5.74) is 4.27. The Morgan fingerprint density at radius 3 is 2.55 bits per heavy atom. The second-order valence-electron chi connectivity index (χ2n) is 5.88. The monoisotopic (exact) mass is 276 g/mol. The number of nitrogens with two attached hydrogens (primary N) is 1. The molecule has 1 aliphatic carbocycles. The van der Waals surface area contributed by atoms with Crippen LogP contribution in [-0.2, 0) is 4.74 Å². The number of hydrogen-bond acceptors (Lipinski definition) is 3. The highest BCUT2D eigenvalue weighted by molar-refractivity contribution is 5.19. The first kappa shape index (κ1) is 15.5. The maximum absolute atomic E-state index is 5.90. The van der Waals surface area contributed by atoms with Gasteiger partial charge in [0.15, 0.2) is 0 Å². The molecule has 112 valence electrons. The summed E-state index contributed by atoms with van der Waals surface area (Å²) < 4.78 is 5.79. The number of rotatable bonds is 6. The first-order valence-corrected chi connectivity index (χ1v) is 7.85. The molecule has 3 heteroatoms. The van der Waals surface area contributed by atoms with Gasteiger partial charge in [-0.15, -0.1) is 0 Å². The van der Waals surface area contributed by atoms with Gasteiger partial charge in [0.2, 0.25) is 0 Å². The van der Waals surface area contributed by atoms with Crippen molar-refractivity contribution in [2.75, 3.05) is 7.11 Å². The van der Waals surface area contributed by atoms with Crippen LogP contribution in [-0.4, -0.2) is 13.2 Å². The third-order valence-electron chi connectivity index (χ3n) is 4.85. The maximum atomic E-state index is 5.90. The van der Waals surface area contributed by atoms with Gasteiger partial charge in [0.1, 0.15) is 0 Å². The summed E-state index contributed by atoms with van der Waals surface area (Å²) in [7, 11) is 1.78. The lowest BCUT2D eigenvalue weighted by Gasteiger charge is -2.39. The van der Waals surface area contributed by atoms with Crippen LogP contribution in [0.1, 0.15) is 50.7 Å². The molecule has 0 spiro atoms. The van der Waals surface area contributed by atoms with Gasteiger partial charge in [-0.25, -0.2) is 0 Å². The first-order chi connectivity index (χ1) is 9.81. The van der Waals surface area contributed by atoms with E-state index in [2.05, 4.69) is 36.6 Å². The van der Waals surface area contributed by atoms with E-state index in [1.165, 1.54) is 37.7 Å². The molecule has 1 aliphatic rings. The fraction of sp³-hybridized carbons (Fsp3) is 0.647. The lowest BCUT2D eigenvalue weighted by molar-refractivity contribution is 0.0215. The van der Waals surface area contributed by atoms with Crippen LogP contribution in [0.2, 0.25) is 0 Å². The highest BCUT2D eigenvalue weighted by Gasteiger charge is 2.35. The molecule has 3 N–H and O–H groups in total. The molecule has 0 radical (unpaired) electrons. The predicted molar refractivity (Wildman–Crippen MR) is 83.0 cm³/mol. The van der Waals surface area contributed by atoms with Crippen LogP contribution in [0.25, 0.3) is 0 Å². The molecule has 4 unspecified atom stereocenters. The van der Waals surface area contributed by atoms with Crippen molar-refractivity contribution in [1.82, 2.24) is 5.43 Å². The minimum Gasteiger partial charge on any atom is -0.375 e. The van der Waals surface area contributed by atoms with Gasteiger partial charge in [-0.3, -0.25) is 11.3 Å². The van der Waals surface area contributed by atoms with Gasteiger partial charge in [-0.2, -0.15) is 0 Å². The third kappa shape index (κ3) is 3.40. The highest BCUT2D eigenvalue weighted by Crippen LogP contribution is 2.38. The zero-order chi connectivity index (χ0) is 14.4. The van der Waals surface area contributed by atoms with Crippen LogP contribution in [0, 0.1) is 11.8 Å². The zero-order valence-electron chi connectivity index (χ0n) is 12.7. The van der Waals surface area contributed by atoms with E-state index in [1.807, 2.05) is 6.07 Å². The van der Waals surface area contributed by atoms with Gasteiger partial charge >= 0.3 is 0 Å².